The van der Waals surface area contributed by atoms with E-state index >= 15 is 0 Å². The van der Waals surface area contributed by atoms with Gasteiger partial charge in [0.1, 0.15) is 5.84 Å². The Morgan fingerprint density at radius 1 is 1.46 bits per heavy atom. The van der Waals surface area contributed by atoms with Crippen LogP contribution in [-0.2, 0) is 0 Å². The highest BCUT2D eigenvalue weighted by atomic mass is 16.3. The molecule has 0 radical (unpaired) electrons. The molecule has 1 saturated heterocycles. The smallest absolute Gasteiger partial charge is 0.121 e. The number of nitrogens with zero attached hydrogens (tertiary/aromatic N) is 2. The molecule has 0 amide bonds. The van der Waals surface area contributed by atoms with E-state index < -0.39 is 5.60 Å². The Kier molecular flexibility index (Phi) is 4.77. The summed E-state index contributed by atoms with van der Waals surface area (Å²) in [6, 6.07) is 0. The Bertz CT molecular complexity index is 170. The van der Waals surface area contributed by atoms with Crippen LogP contribution in [0.25, 0.3) is 0 Å². The van der Waals surface area contributed by atoms with E-state index in [2.05, 4.69) is 10.5 Å². The van der Waals surface area contributed by atoms with Crippen LogP contribution in [-0.4, -0.2) is 41.6 Å². The van der Waals surface area contributed by atoms with Crippen molar-refractivity contribution >= 4 is 5.84 Å². The van der Waals surface area contributed by atoms with Crippen LogP contribution in [0.2, 0.25) is 0 Å². The van der Waals surface area contributed by atoms with Gasteiger partial charge in [-0.2, -0.15) is 5.10 Å². The van der Waals surface area contributed by atoms with Crippen LogP contribution in [0.3, 0.4) is 0 Å². The molecule has 0 aliphatic carbocycles. The first-order valence-electron chi connectivity index (χ1n) is 4.73. The number of β-amino-alcohol motifs (C(OH)–C–C–N with tert-alkyl or cyclic N) is 1. The summed E-state index contributed by atoms with van der Waals surface area (Å²) in [5.74, 6) is 0.930. The highest BCUT2D eigenvalue weighted by molar-refractivity contribution is 5.80. The number of amidine groups is 1. The van der Waals surface area contributed by atoms with Crippen LogP contribution in [0.5, 0.6) is 0 Å². The molecule has 13 heavy (non-hydrogen) atoms. The van der Waals surface area contributed by atoms with E-state index in [0.29, 0.717) is 13.1 Å². The van der Waals surface area contributed by atoms with Gasteiger partial charge < -0.3 is 15.4 Å². The van der Waals surface area contributed by atoms with Crippen molar-refractivity contribution in [2.24, 2.45) is 5.10 Å². The fourth-order valence-corrected chi connectivity index (χ4v) is 1.24. The second kappa shape index (κ2) is 5.07. The molecule has 4 nitrogen and oxygen atoms in total. The molecule has 0 saturated carbocycles. The minimum Gasteiger partial charge on any atom is -0.386 e. The SMILES string of the molecule is CC.CN/N=C(\C)N1CC(C)(O)C1. The third-order valence-corrected chi connectivity index (χ3v) is 1.79. The van der Waals surface area contributed by atoms with Crippen molar-refractivity contribution < 1.29 is 5.11 Å². The van der Waals surface area contributed by atoms with Gasteiger partial charge in [-0.15, -0.1) is 0 Å². The molecule has 0 spiro atoms. The molecular formula is C9H21N3O. The minimum absolute atomic E-state index is 0.509. The van der Waals surface area contributed by atoms with Crippen molar-refractivity contribution in [1.29, 1.82) is 0 Å². The average Bonchev–Trinajstić information content (AvgIpc) is 2.04. The highest BCUT2D eigenvalue weighted by Crippen LogP contribution is 2.19. The Balaban J connectivity index is 0.000000671. The van der Waals surface area contributed by atoms with Gasteiger partial charge in [-0.3, -0.25) is 0 Å². The number of hydrogen-bond donors (Lipinski definition) is 2. The maximum atomic E-state index is 9.38. The third-order valence-electron chi connectivity index (χ3n) is 1.79. The van der Waals surface area contributed by atoms with Gasteiger partial charge in [0.05, 0.1) is 5.60 Å². The molecule has 2 N–H and O–H groups in total. The number of hydrogen-bond acceptors (Lipinski definition) is 3. The summed E-state index contributed by atoms with van der Waals surface area (Å²) in [5, 5.41) is 13.4. The van der Waals surface area contributed by atoms with E-state index in [-0.39, 0.29) is 0 Å². The van der Waals surface area contributed by atoms with E-state index in [1.54, 1.807) is 7.05 Å². The zero-order valence-corrected chi connectivity index (χ0v) is 9.26. The van der Waals surface area contributed by atoms with Gasteiger partial charge in [0.25, 0.3) is 0 Å². The van der Waals surface area contributed by atoms with E-state index in [1.807, 2.05) is 32.6 Å². The summed E-state index contributed by atoms with van der Waals surface area (Å²) in [6.45, 7) is 9.12. The maximum absolute atomic E-state index is 9.38. The third kappa shape index (κ3) is 3.63. The second-order valence-electron chi connectivity index (χ2n) is 3.24. The maximum Gasteiger partial charge on any atom is 0.121 e. The predicted molar refractivity (Wildman–Crippen MR) is 55.7 cm³/mol. The van der Waals surface area contributed by atoms with Gasteiger partial charge in [0.2, 0.25) is 0 Å². The van der Waals surface area contributed by atoms with Crippen molar-refractivity contribution in [2.75, 3.05) is 20.1 Å². The molecule has 4 heteroatoms. The fourth-order valence-electron chi connectivity index (χ4n) is 1.24. The van der Waals surface area contributed by atoms with Gasteiger partial charge in [-0.05, 0) is 13.8 Å². The molecule has 1 heterocycles. The second-order valence-corrected chi connectivity index (χ2v) is 3.24. The average molecular weight is 187 g/mol. The lowest BCUT2D eigenvalue weighted by Gasteiger charge is -2.45. The topological polar surface area (TPSA) is 47.9 Å². The first-order valence-corrected chi connectivity index (χ1v) is 4.73. The van der Waals surface area contributed by atoms with Gasteiger partial charge in [0, 0.05) is 20.1 Å². The zero-order valence-electron chi connectivity index (χ0n) is 9.26. The van der Waals surface area contributed by atoms with E-state index in [9.17, 15) is 5.11 Å². The quantitative estimate of drug-likeness (QED) is 0.360. The summed E-state index contributed by atoms with van der Waals surface area (Å²) in [4.78, 5) is 2.02. The summed E-state index contributed by atoms with van der Waals surface area (Å²) in [6.07, 6.45) is 0. The summed E-state index contributed by atoms with van der Waals surface area (Å²) in [5.41, 5.74) is 2.20. The summed E-state index contributed by atoms with van der Waals surface area (Å²) >= 11 is 0. The number of nitrogens with one attached hydrogen (secondary N) is 1. The van der Waals surface area contributed by atoms with Crippen molar-refractivity contribution in [2.45, 2.75) is 33.3 Å². The Labute approximate surface area is 80.6 Å². The van der Waals surface area contributed by atoms with Gasteiger partial charge in [-0.25, -0.2) is 0 Å². The highest BCUT2D eigenvalue weighted by Gasteiger charge is 2.36. The molecule has 1 aliphatic heterocycles. The number of rotatable bonds is 1. The van der Waals surface area contributed by atoms with E-state index in [0.717, 1.165) is 5.84 Å². The number of likely N-dealkylation sites (tertiary alicyclic amines) is 1. The number of aliphatic hydroxyl groups is 1. The van der Waals surface area contributed by atoms with E-state index in [1.165, 1.54) is 0 Å². The molecule has 0 aromatic heterocycles. The normalized spacial score (nSPS) is 19.8. The van der Waals surface area contributed by atoms with Gasteiger partial charge in [-0.1, -0.05) is 13.8 Å². The van der Waals surface area contributed by atoms with Crippen LogP contribution in [0.1, 0.15) is 27.7 Å². The molecule has 1 fully saturated rings. The Morgan fingerprint density at radius 3 is 2.23 bits per heavy atom. The summed E-state index contributed by atoms with van der Waals surface area (Å²) in [7, 11) is 1.77. The molecule has 78 valence electrons. The van der Waals surface area contributed by atoms with Gasteiger partial charge in [0.15, 0.2) is 0 Å². The molecule has 0 unspecified atom stereocenters. The standard InChI is InChI=1S/C7H15N3O.C2H6/c1-6(9-8-3)10-4-7(2,11)5-10;1-2/h8,11H,4-5H2,1-3H3;1-2H3/b9-6+;. The lowest BCUT2D eigenvalue weighted by Crippen LogP contribution is -2.61. The largest absolute Gasteiger partial charge is 0.386 e. The zero-order chi connectivity index (χ0) is 10.5. The molecule has 0 aromatic rings. The molecule has 0 bridgehead atoms. The van der Waals surface area contributed by atoms with Crippen LogP contribution < -0.4 is 5.43 Å². The molecule has 0 atom stereocenters. The first kappa shape index (κ1) is 12.2. The van der Waals surface area contributed by atoms with Crippen molar-refractivity contribution in [3.05, 3.63) is 0 Å². The summed E-state index contributed by atoms with van der Waals surface area (Å²) < 4.78 is 0. The van der Waals surface area contributed by atoms with Crippen molar-refractivity contribution in [3.63, 3.8) is 0 Å². The number of hydrazone groups is 1. The van der Waals surface area contributed by atoms with Crippen molar-refractivity contribution in [3.8, 4) is 0 Å². The molecule has 0 aromatic carbocycles. The lowest BCUT2D eigenvalue weighted by molar-refractivity contribution is -0.0501. The van der Waals surface area contributed by atoms with Gasteiger partial charge >= 0.3 is 0 Å². The first-order chi connectivity index (χ1) is 6.05. The monoisotopic (exact) mass is 187 g/mol. The Morgan fingerprint density at radius 2 is 1.92 bits per heavy atom. The molecule has 1 aliphatic rings. The molecular weight excluding hydrogens is 166 g/mol. The van der Waals surface area contributed by atoms with Crippen LogP contribution in [0, 0.1) is 0 Å². The minimum atomic E-state index is -0.509. The van der Waals surface area contributed by atoms with Crippen molar-refractivity contribution in [1.82, 2.24) is 10.3 Å². The lowest BCUT2D eigenvalue weighted by atomic mass is 9.97. The molecule has 1 rings (SSSR count). The van der Waals surface area contributed by atoms with E-state index in [4.69, 9.17) is 0 Å². The van der Waals surface area contributed by atoms with Crippen LogP contribution in [0.15, 0.2) is 5.10 Å². The van der Waals surface area contributed by atoms with Crippen LogP contribution >= 0.6 is 0 Å². The fraction of sp³-hybridized carbons (Fsp3) is 0.889. The van der Waals surface area contributed by atoms with Crippen LogP contribution in [0.4, 0.5) is 0 Å². The Hall–Kier alpha value is -0.770. The predicted octanol–water partition coefficient (Wildman–Crippen LogP) is 0.632.